The number of cyclic esters (lactones) is 1. The maximum atomic E-state index is 15.1. The minimum absolute atomic E-state index is 0.0166. The number of pyridine rings is 2. The molecule has 1 amide bonds. The molecule has 3 aliphatic rings. The normalized spacial score (nSPS) is 19.6. The topological polar surface area (TPSA) is 129 Å². The van der Waals surface area contributed by atoms with E-state index in [-0.39, 0.29) is 43.1 Å². The van der Waals surface area contributed by atoms with Gasteiger partial charge in [0.1, 0.15) is 24.8 Å². The summed E-state index contributed by atoms with van der Waals surface area (Å²) in [5, 5.41) is 15.0. The van der Waals surface area contributed by atoms with E-state index in [2.05, 4.69) is 5.32 Å². The van der Waals surface area contributed by atoms with Crippen molar-refractivity contribution in [2.24, 2.45) is 0 Å². The number of rotatable bonds is 5. The van der Waals surface area contributed by atoms with Crippen molar-refractivity contribution < 1.29 is 33.3 Å². The second-order valence-electron chi connectivity index (χ2n) is 11.5. The Bertz CT molecular complexity index is 1970. The van der Waals surface area contributed by atoms with E-state index in [0.29, 0.717) is 46.6 Å². The predicted octanol–water partition coefficient (Wildman–Crippen LogP) is 4.45. The standard InChI is InChI=1S/C33H30FN3O7/c1-4-33(41)22-11-26-29-20(13-37(26)30(38)21(22)15-43-31(33)39)28-24(9-8-19-16(2)23(34)12-25(35-29)27(19)28)36-32(40)44-14-17-6-5-7-18(10-17)42-3/h5-7,10-12,24,41H,4,8-9,13-15H2,1-3H3,(H,36,40)/t24-,33-/m0/s1. The highest BCUT2D eigenvalue weighted by atomic mass is 19.1. The van der Waals surface area contributed by atoms with Gasteiger partial charge in [0, 0.05) is 22.6 Å². The lowest BCUT2D eigenvalue weighted by Gasteiger charge is -2.31. The van der Waals surface area contributed by atoms with E-state index in [0.717, 1.165) is 22.1 Å². The molecule has 2 aliphatic heterocycles. The summed E-state index contributed by atoms with van der Waals surface area (Å²) < 4.78 is 32.7. The number of carbonyl (C=O) groups excluding carboxylic acids is 2. The molecule has 0 bridgehead atoms. The summed E-state index contributed by atoms with van der Waals surface area (Å²) in [5.41, 5.74) is 2.87. The minimum atomic E-state index is -1.97. The van der Waals surface area contributed by atoms with Crippen molar-refractivity contribution >= 4 is 23.0 Å². The Morgan fingerprint density at radius 3 is 2.82 bits per heavy atom. The van der Waals surface area contributed by atoms with Crippen molar-refractivity contribution in [2.75, 3.05) is 7.11 Å². The fraction of sp³-hybridized carbons (Fsp3) is 0.333. The molecule has 44 heavy (non-hydrogen) atoms. The second kappa shape index (κ2) is 10.2. The van der Waals surface area contributed by atoms with Gasteiger partial charge in [-0.25, -0.2) is 19.0 Å². The number of nitrogens with one attached hydrogen (secondary N) is 1. The quantitative estimate of drug-likeness (QED) is 0.284. The number of benzene rings is 2. The van der Waals surface area contributed by atoms with Gasteiger partial charge in [-0.3, -0.25) is 4.79 Å². The summed E-state index contributed by atoms with van der Waals surface area (Å²) in [4.78, 5) is 44.3. The number of aliphatic hydroxyl groups is 1. The van der Waals surface area contributed by atoms with Crippen molar-refractivity contribution in [1.29, 1.82) is 0 Å². The van der Waals surface area contributed by atoms with Gasteiger partial charge in [-0.05, 0) is 66.6 Å². The lowest BCUT2D eigenvalue weighted by atomic mass is 9.81. The number of hydrogen-bond donors (Lipinski definition) is 2. The molecule has 2 aromatic heterocycles. The van der Waals surface area contributed by atoms with Gasteiger partial charge >= 0.3 is 12.1 Å². The van der Waals surface area contributed by atoms with Gasteiger partial charge in [-0.15, -0.1) is 0 Å². The molecule has 2 N–H and O–H groups in total. The lowest BCUT2D eigenvalue weighted by molar-refractivity contribution is -0.172. The summed E-state index contributed by atoms with van der Waals surface area (Å²) in [6, 6.07) is 9.73. The molecule has 0 saturated carbocycles. The van der Waals surface area contributed by atoms with Gasteiger partial charge in [0.15, 0.2) is 5.60 Å². The van der Waals surface area contributed by atoms with Crippen LogP contribution in [0.5, 0.6) is 5.75 Å². The Labute approximate surface area is 251 Å². The molecule has 0 saturated heterocycles. The predicted molar refractivity (Wildman–Crippen MR) is 157 cm³/mol. The van der Waals surface area contributed by atoms with E-state index >= 15 is 4.39 Å². The molecule has 0 radical (unpaired) electrons. The van der Waals surface area contributed by atoms with Crippen LogP contribution in [0.1, 0.15) is 64.8 Å². The zero-order valence-corrected chi connectivity index (χ0v) is 24.5. The van der Waals surface area contributed by atoms with Crippen LogP contribution in [0.15, 0.2) is 41.2 Å². The van der Waals surface area contributed by atoms with Crippen molar-refractivity contribution in [3.8, 4) is 17.1 Å². The highest BCUT2D eigenvalue weighted by Crippen LogP contribution is 2.46. The van der Waals surface area contributed by atoms with E-state index in [1.165, 1.54) is 10.6 Å². The third kappa shape index (κ3) is 4.10. The fourth-order valence-electron chi connectivity index (χ4n) is 6.79. The zero-order chi connectivity index (χ0) is 30.9. The van der Waals surface area contributed by atoms with Crippen molar-refractivity contribution in [2.45, 2.75) is 64.5 Å². The van der Waals surface area contributed by atoms with Gasteiger partial charge in [0.05, 0.1) is 42.2 Å². The largest absolute Gasteiger partial charge is 0.497 e. The Hall–Kier alpha value is -4.77. The minimum Gasteiger partial charge on any atom is -0.497 e. The van der Waals surface area contributed by atoms with Crippen LogP contribution < -0.4 is 15.6 Å². The molecule has 0 spiro atoms. The monoisotopic (exact) mass is 599 g/mol. The number of esters is 1. The van der Waals surface area contributed by atoms with Crippen LogP contribution in [0.4, 0.5) is 9.18 Å². The average Bonchev–Trinajstić information content (AvgIpc) is 3.40. The number of aromatic nitrogens is 2. The second-order valence-corrected chi connectivity index (χ2v) is 11.5. The smallest absolute Gasteiger partial charge is 0.407 e. The van der Waals surface area contributed by atoms with Crippen molar-refractivity contribution in [3.63, 3.8) is 0 Å². The number of amides is 1. The molecule has 226 valence electrons. The molecular weight excluding hydrogens is 569 g/mol. The van der Waals surface area contributed by atoms with Gasteiger partial charge in [-0.2, -0.15) is 0 Å². The van der Waals surface area contributed by atoms with Crippen LogP contribution in [-0.4, -0.2) is 33.8 Å². The Morgan fingerprint density at radius 2 is 2.05 bits per heavy atom. The molecule has 4 heterocycles. The highest BCUT2D eigenvalue weighted by Gasteiger charge is 2.46. The van der Waals surface area contributed by atoms with E-state index in [1.807, 2.05) is 12.1 Å². The molecular formula is C33H30FN3O7. The third-order valence-electron chi connectivity index (χ3n) is 9.17. The number of alkyl carbamates (subject to hydrolysis) is 1. The molecule has 4 aromatic rings. The number of nitrogens with zero attached hydrogens (tertiary/aromatic N) is 2. The van der Waals surface area contributed by atoms with Gasteiger partial charge in [-0.1, -0.05) is 19.1 Å². The molecule has 0 unspecified atom stereocenters. The van der Waals surface area contributed by atoms with Gasteiger partial charge < -0.3 is 29.2 Å². The van der Waals surface area contributed by atoms with Crippen LogP contribution in [0.2, 0.25) is 0 Å². The molecule has 10 nitrogen and oxygen atoms in total. The number of ether oxygens (including phenoxy) is 3. The zero-order valence-electron chi connectivity index (χ0n) is 24.5. The summed E-state index contributed by atoms with van der Waals surface area (Å²) in [5.74, 6) is -0.549. The maximum absolute atomic E-state index is 15.1. The van der Waals surface area contributed by atoms with Crippen molar-refractivity contribution in [1.82, 2.24) is 14.9 Å². The van der Waals surface area contributed by atoms with E-state index in [9.17, 15) is 19.5 Å². The van der Waals surface area contributed by atoms with Crippen molar-refractivity contribution in [3.05, 3.63) is 91.5 Å². The van der Waals surface area contributed by atoms with Crippen LogP contribution in [-0.2, 0) is 46.0 Å². The first kappa shape index (κ1) is 28.0. The summed E-state index contributed by atoms with van der Waals surface area (Å²) >= 11 is 0. The average molecular weight is 600 g/mol. The van der Waals surface area contributed by atoms with Crippen LogP contribution in [0.3, 0.4) is 0 Å². The SMILES string of the molecule is CC[C@@]1(O)C(=O)OCc2c1cc1n(c2=O)Cc2c-1nc1cc(F)c(C)c3c1c2[C@@H](NC(=O)OCc1cccc(OC)c1)CC3. The summed E-state index contributed by atoms with van der Waals surface area (Å²) in [6.07, 6.45) is 0.392. The number of hydrogen-bond acceptors (Lipinski definition) is 8. The summed E-state index contributed by atoms with van der Waals surface area (Å²) in [6.45, 7) is 3.31. The van der Waals surface area contributed by atoms with Gasteiger partial charge in [0.2, 0.25) is 0 Å². The number of methoxy groups -OCH3 is 1. The molecule has 2 aromatic carbocycles. The first-order valence-corrected chi connectivity index (χ1v) is 14.5. The number of fused-ring (bicyclic) bond motifs is 5. The molecule has 7 rings (SSSR count). The maximum Gasteiger partial charge on any atom is 0.407 e. The molecule has 1 aliphatic carbocycles. The Morgan fingerprint density at radius 1 is 1.23 bits per heavy atom. The van der Waals surface area contributed by atoms with Crippen LogP contribution in [0, 0.1) is 12.7 Å². The highest BCUT2D eigenvalue weighted by molar-refractivity contribution is 5.93. The van der Waals surface area contributed by atoms with E-state index in [4.69, 9.17) is 19.2 Å². The molecule has 0 fully saturated rings. The molecule has 11 heteroatoms. The third-order valence-corrected chi connectivity index (χ3v) is 9.17. The van der Waals surface area contributed by atoms with Crippen LogP contribution >= 0.6 is 0 Å². The molecule has 2 atom stereocenters. The summed E-state index contributed by atoms with van der Waals surface area (Å²) in [7, 11) is 1.56. The Balaban J connectivity index is 1.33. The number of halogens is 1. The first-order valence-electron chi connectivity index (χ1n) is 14.5. The van der Waals surface area contributed by atoms with Gasteiger partial charge in [0.25, 0.3) is 5.56 Å². The number of aryl methyl sites for hydroxylation is 1. The van der Waals surface area contributed by atoms with Crippen LogP contribution in [0.25, 0.3) is 22.3 Å². The Kier molecular flexibility index (Phi) is 6.47. The lowest BCUT2D eigenvalue weighted by Crippen LogP contribution is -2.44. The fourth-order valence-corrected chi connectivity index (χ4v) is 6.79. The van der Waals surface area contributed by atoms with E-state index < -0.39 is 29.3 Å². The number of carbonyl (C=O) groups is 2. The first-order chi connectivity index (χ1) is 21.1. The van der Waals surface area contributed by atoms with E-state index in [1.54, 1.807) is 39.2 Å².